The molecule has 0 aliphatic heterocycles. The van der Waals surface area contributed by atoms with Crippen LogP contribution in [0.3, 0.4) is 0 Å². The first kappa shape index (κ1) is 33.2. The van der Waals surface area contributed by atoms with Crippen molar-refractivity contribution in [1.29, 1.82) is 0 Å². The lowest BCUT2D eigenvalue weighted by Gasteiger charge is -2.30. The molecule has 0 radical (unpaired) electrons. The second-order valence-electron chi connectivity index (χ2n) is 15.7. The van der Waals surface area contributed by atoms with Gasteiger partial charge in [0.1, 0.15) is 11.2 Å². The van der Waals surface area contributed by atoms with Gasteiger partial charge in [-0.05, 0) is 104 Å². The first-order valence-corrected chi connectivity index (χ1v) is 19.8. The van der Waals surface area contributed by atoms with E-state index in [2.05, 4.69) is 207 Å². The molecule has 1 aliphatic carbocycles. The van der Waals surface area contributed by atoms with E-state index in [9.17, 15) is 0 Å². The van der Waals surface area contributed by atoms with Crippen molar-refractivity contribution in [1.82, 2.24) is 0 Å². The van der Waals surface area contributed by atoms with E-state index in [0.29, 0.717) is 0 Å². The van der Waals surface area contributed by atoms with E-state index in [-0.39, 0.29) is 5.41 Å². The maximum atomic E-state index is 6.29. The van der Waals surface area contributed by atoms with Crippen LogP contribution in [-0.4, -0.2) is 0 Å². The van der Waals surface area contributed by atoms with Gasteiger partial charge in [-0.3, -0.25) is 0 Å². The quantitative estimate of drug-likeness (QED) is 0.169. The third kappa shape index (κ3) is 5.33. The molecule has 1 aliphatic rings. The maximum Gasteiger partial charge on any atom is 0.136 e. The number of anilines is 3. The van der Waals surface area contributed by atoms with E-state index in [0.717, 1.165) is 50.1 Å². The summed E-state index contributed by atoms with van der Waals surface area (Å²) in [7, 11) is 0. The summed E-state index contributed by atoms with van der Waals surface area (Å²) in [4.78, 5) is 2.46. The Kier molecular flexibility index (Phi) is 7.55. The molecule has 1 heterocycles. The number of para-hydroxylation sites is 3. The van der Waals surface area contributed by atoms with Crippen LogP contribution < -0.4 is 4.90 Å². The third-order valence-electron chi connectivity index (χ3n) is 12.1. The topological polar surface area (TPSA) is 16.4 Å². The minimum absolute atomic E-state index is 0.0968. The lowest BCUT2D eigenvalue weighted by molar-refractivity contribution is 0.660. The van der Waals surface area contributed by atoms with Crippen molar-refractivity contribution < 1.29 is 4.42 Å². The first-order valence-electron chi connectivity index (χ1n) is 19.8. The van der Waals surface area contributed by atoms with Gasteiger partial charge in [0.05, 0.1) is 11.4 Å². The van der Waals surface area contributed by atoms with Crippen molar-refractivity contribution in [2.75, 3.05) is 4.90 Å². The average molecular weight is 730 g/mol. The summed E-state index contributed by atoms with van der Waals surface area (Å²) < 4.78 is 6.29. The predicted octanol–water partition coefficient (Wildman–Crippen LogP) is 15.5. The van der Waals surface area contributed by atoms with Gasteiger partial charge in [0.25, 0.3) is 0 Å². The van der Waals surface area contributed by atoms with Crippen molar-refractivity contribution in [3.8, 4) is 44.5 Å². The summed E-state index contributed by atoms with van der Waals surface area (Å²) in [5.74, 6) is 0. The molecule has 0 spiro atoms. The minimum atomic E-state index is -0.0968. The highest BCUT2D eigenvalue weighted by molar-refractivity contribution is 6.06. The molecule has 11 rings (SSSR count). The Bertz CT molecular complexity index is 3170. The average Bonchev–Trinajstić information content (AvgIpc) is 3.75. The normalized spacial score (nSPS) is 12.9. The van der Waals surface area contributed by atoms with Crippen molar-refractivity contribution in [2.24, 2.45) is 0 Å². The van der Waals surface area contributed by atoms with Gasteiger partial charge in [-0.25, -0.2) is 0 Å². The molecule has 2 nitrogen and oxygen atoms in total. The summed E-state index contributed by atoms with van der Waals surface area (Å²) in [6, 6.07) is 72.8. The molecule has 0 amide bonds. The fourth-order valence-electron chi connectivity index (χ4n) is 9.26. The largest absolute Gasteiger partial charge is 0.456 e. The lowest BCUT2D eigenvalue weighted by atomic mass is 9.82. The van der Waals surface area contributed by atoms with Gasteiger partial charge in [-0.2, -0.15) is 0 Å². The Morgan fingerprint density at radius 1 is 0.386 bits per heavy atom. The zero-order valence-electron chi connectivity index (χ0n) is 31.9. The number of fused-ring (bicyclic) bond motifs is 7. The minimum Gasteiger partial charge on any atom is -0.456 e. The number of rotatable bonds is 6. The Morgan fingerprint density at radius 3 is 1.82 bits per heavy atom. The van der Waals surface area contributed by atoms with E-state index in [1.54, 1.807) is 0 Å². The molecule has 0 saturated heterocycles. The first-order chi connectivity index (χ1) is 28.0. The van der Waals surface area contributed by atoms with Crippen LogP contribution in [0.15, 0.2) is 205 Å². The standard InChI is InChI=1S/C55H39NO/c1-55(2)48-21-9-5-19-47(48)54-46(20-13-22-49(54)55)43-17-7-11-24-51(43)56(50-23-10-6-16-42(50)40-27-26-36-14-3-4-15-38(36)34-40)41-31-28-37(29-32-41)39-30-33-45-44-18-8-12-25-52(44)57-53(45)35-39/h3-35H,1-2H3. The highest BCUT2D eigenvalue weighted by atomic mass is 16.3. The third-order valence-corrected chi connectivity index (χ3v) is 12.1. The summed E-state index contributed by atoms with van der Waals surface area (Å²) in [5.41, 5.74) is 17.5. The van der Waals surface area contributed by atoms with Crippen LogP contribution in [0.2, 0.25) is 0 Å². The molecule has 57 heavy (non-hydrogen) atoms. The highest BCUT2D eigenvalue weighted by Gasteiger charge is 2.37. The molecule has 0 fully saturated rings. The number of nitrogens with zero attached hydrogens (tertiary/aromatic N) is 1. The molecule has 0 bridgehead atoms. The molecule has 0 atom stereocenters. The van der Waals surface area contributed by atoms with Crippen LogP contribution in [0.5, 0.6) is 0 Å². The highest BCUT2D eigenvalue weighted by Crippen LogP contribution is 2.54. The van der Waals surface area contributed by atoms with Gasteiger partial charge in [0.2, 0.25) is 0 Å². The molecular weight excluding hydrogens is 691 g/mol. The predicted molar refractivity (Wildman–Crippen MR) is 240 cm³/mol. The van der Waals surface area contributed by atoms with Crippen LogP contribution in [0.25, 0.3) is 77.2 Å². The van der Waals surface area contributed by atoms with Crippen molar-refractivity contribution >= 4 is 49.8 Å². The zero-order chi connectivity index (χ0) is 38.1. The van der Waals surface area contributed by atoms with Gasteiger partial charge in [-0.15, -0.1) is 0 Å². The van der Waals surface area contributed by atoms with Crippen molar-refractivity contribution in [3.05, 3.63) is 211 Å². The molecule has 0 N–H and O–H groups in total. The monoisotopic (exact) mass is 729 g/mol. The molecule has 1 aromatic heterocycles. The summed E-state index contributed by atoms with van der Waals surface area (Å²) >= 11 is 0. The number of benzene rings is 9. The smallest absolute Gasteiger partial charge is 0.136 e. The Hall–Kier alpha value is -7.16. The van der Waals surface area contributed by atoms with Crippen LogP contribution in [-0.2, 0) is 5.41 Å². The molecular formula is C55H39NO. The molecule has 9 aromatic carbocycles. The maximum absolute atomic E-state index is 6.29. The molecule has 0 unspecified atom stereocenters. The van der Waals surface area contributed by atoms with Gasteiger partial charge in [0.15, 0.2) is 0 Å². The lowest BCUT2D eigenvalue weighted by Crippen LogP contribution is -2.15. The van der Waals surface area contributed by atoms with Crippen molar-refractivity contribution in [3.63, 3.8) is 0 Å². The van der Waals surface area contributed by atoms with E-state index >= 15 is 0 Å². The van der Waals surface area contributed by atoms with Crippen LogP contribution in [0, 0.1) is 0 Å². The van der Waals surface area contributed by atoms with E-state index < -0.39 is 0 Å². The van der Waals surface area contributed by atoms with Crippen LogP contribution in [0.4, 0.5) is 17.1 Å². The summed E-state index contributed by atoms with van der Waals surface area (Å²) in [5, 5.41) is 4.74. The van der Waals surface area contributed by atoms with E-state index in [4.69, 9.17) is 4.42 Å². The SMILES string of the molecule is CC1(C)c2ccccc2-c2c(-c3ccccc3N(c3ccc(-c4ccc5c(c4)oc4ccccc45)cc3)c3ccccc3-c3ccc4ccccc4c3)cccc21. The van der Waals surface area contributed by atoms with E-state index in [1.807, 2.05) is 12.1 Å². The second kappa shape index (κ2) is 13.0. The summed E-state index contributed by atoms with van der Waals surface area (Å²) in [6.07, 6.45) is 0. The Balaban J connectivity index is 1.10. The molecule has 0 saturated carbocycles. The Labute approximate surface area is 332 Å². The van der Waals surface area contributed by atoms with Gasteiger partial charge in [0, 0.05) is 33.0 Å². The van der Waals surface area contributed by atoms with Gasteiger partial charge >= 0.3 is 0 Å². The van der Waals surface area contributed by atoms with Gasteiger partial charge in [-0.1, -0.05) is 166 Å². The number of hydrogen-bond donors (Lipinski definition) is 0. The number of hydrogen-bond acceptors (Lipinski definition) is 2. The fourth-order valence-corrected chi connectivity index (χ4v) is 9.26. The second-order valence-corrected chi connectivity index (χ2v) is 15.7. The molecule has 10 aromatic rings. The van der Waals surface area contributed by atoms with Crippen LogP contribution in [0.1, 0.15) is 25.0 Å². The number of furan rings is 1. The molecule has 270 valence electrons. The zero-order valence-corrected chi connectivity index (χ0v) is 31.9. The van der Waals surface area contributed by atoms with Crippen LogP contribution >= 0.6 is 0 Å². The molecule has 2 heteroatoms. The fraction of sp³-hybridized carbons (Fsp3) is 0.0545. The van der Waals surface area contributed by atoms with E-state index in [1.165, 1.54) is 55.3 Å². The van der Waals surface area contributed by atoms with Crippen molar-refractivity contribution in [2.45, 2.75) is 19.3 Å². The summed E-state index contributed by atoms with van der Waals surface area (Å²) in [6.45, 7) is 4.71. The Morgan fingerprint density at radius 2 is 0.982 bits per heavy atom. The van der Waals surface area contributed by atoms with Gasteiger partial charge < -0.3 is 9.32 Å².